The summed E-state index contributed by atoms with van der Waals surface area (Å²) in [5.41, 5.74) is 3.56. The molecule has 9 nitrogen and oxygen atoms in total. The number of ether oxygens (including phenoxy) is 1. The van der Waals surface area contributed by atoms with Crippen molar-refractivity contribution in [3.63, 3.8) is 0 Å². The number of ketones is 1. The highest BCUT2D eigenvalue weighted by atomic mass is 79.9. The predicted octanol–water partition coefficient (Wildman–Crippen LogP) is 4.57. The first-order valence-electron chi connectivity index (χ1n) is 10.6. The average molecular weight is 540 g/mol. The van der Waals surface area contributed by atoms with Crippen LogP contribution in [-0.4, -0.2) is 28.7 Å². The van der Waals surface area contributed by atoms with Gasteiger partial charge >= 0.3 is 12.1 Å². The van der Waals surface area contributed by atoms with Crippen LogP contribution in [0, 0.1) is 0 Å². The van der Waals surface area contributed by atoms with Crippen molar-refractivity contribution in [3.05, 3.63) is 94.2 Å². The fourth-order valence-electron chi connectivity index (χ4n) is 2.96. The first-order chi connectivity index (χ1) is 16.9. The van der Waals surface area contributed by atoms with E-state index in [1.165, 1.54) is 6.20 Å². The highest BCUT2D eigenvalue weighted by Gasteiger charge is 2.17. The van der Waals surface area contributed by atoms with Crippen LogP contribution in [-0.2, 0) is 25.8 Å². The topological polar surface area (TPSA) is 124 Å². The molecule has 0 radical (unpaired) electrons. The molecule has 0 atom stereocenters. The summed E-state index contributed by atoms with van der Waals surface area (Å²) in [5, 5.41) is 2.69. The summed E-state index contributed by atoms with van der Waals surface area (Å²) in [6.45, 7) is 0.0330. The Morgan fingerprint density at radius 1 is 0.914 bits per heavy atom. The number of rotatable bonds is 9. The Kier molecular flexibility index (Phi) is 9.49. The van der Waals surface area contributed by atoms with E-state index in [0.29, 0.717) is 10.2 Å². The summed E-state index contributed by atoms with van der Waals surface area (Å²) in [6.07, 6.45) is 0.680. The van der Waals surface area contributed by atoms with Gasteiger partial charge < -0.3 is 14.9 Å². The summed E-state index contributed by atoms with van der Waals surface area (Å²) in [4.78, 5) is 57.3. The van der Waals surface area contributed by atoms with Crippen molar-refractivity contribution >= 4 is 45.4 Å². The zero-order chi connectivity index (χ0) is 25.0. The molecule has 1 heterocycles. The molecule has 0 aliphatic heterocycles. The van der Waals surface area contributed by atoms with E-state index in [1.807, 2.05) is 23.7 Å². The maximum absolute atomic E-state index is 12.8. The fraction of sp³-hybridized carbons (Fsp3) is 0.160. The molecule has 0 bridgehead atoms. The molecular weight excluding hydrogens is 518 g/mol. The fourth-order valence-corrected chi connectivity index (χ4v) is 3.32. The van der Waals surface area contributed by atoms with Crippen LogP contribution >= 0.6 is 15.9 Å². The van der Waals surface area contributed by atoms with Gasteiger partial charge in [0, 0.05) is 29.1 Å². The molecular formula is C25H22BrN3O6. The number of halogens is 1. The standard InChI is InChI=1S/C25H22BrN3O6/c26-18-12-13-20(19(15-18)24(32)21-9-4-5-14-27-21)28-22(30)10-6-11-23(31)35-29-25(33)34-16-17-7-2-1-3-8-17/h1-5,7-9,12-15H,6,10-11,16H2,(H,28,30)(H,29,33). The number of aromatic nitrogens is 1. The lowest BCUT2D eigenvalue weighted by atomic mass is 10.1. The highest BCUT2D eigenvalue weighted by molar-refractivity contribution is 9.10. The Morgan fingerprint density at radius 2 is 1.69 bits per heavy atom. The van der Waals surface area contributed by atoms with Crippen molar-refractivity contribution in [2.45, 2.75) is 25.9 Å². The maximum Gasteiger partial charge on any atom is 0.441 e. The number of anilines is 1. The Labute approximate surface area is 209 Å². The summed E-state index contributed by atoms with van der Waals surface area (Å²) >= 11 is 3.33. The van der Waals surface area contributed by atoms with E-state index < -0.39 is 12.1 Å². The van der Waals surface area contributed by atoms with Crippen LogP contribution in [0.4, 0.5) is 10.5 Å². The molecule has 10 heteroatoms. The molecule has 0 saturated carbocycles. The third-order valence-electron chi connectivity index (χ3n) is 4.64. The van der Waals surface area contributed by atoms with Gasteiger partial charge in [0.2, 0.25) is 11.7 Å². The van der Waals surface area contributed by atoms with Gasteiger partial charge in [-0.1, -0.05) is 52.3 Å². The van der Waals surface area contributed by atoms with Crippen molar-refractivity contribution in [1.82, 2.24) is 10.5 Å². The summed E-state index contributed by atoms with van der Waals surface area (Å²) < 4.78 is 5.61. The van der Waals surface area contributed by atoms with Gasteiger partial charge in [0.15, 0.2) is 0 Å². The van der Waals surface area contributed by atoms with Gasteiger partial charge in [-0.15, -0.1) is 5.48 Å². The number of carbonyl (C=O) groups excluding carboxylic acids is 4. The first-order valence-corrected chi connectivity index (χ1v) is 11.4. The molecule has 1 aromatic heterocycles. The number of hydroxylamine groups is 1. The van der Waals surface area contributed by atoms with Crippen LogP contribution in [0.1, 0.15) is 40.9 Å². The molecule has 0 fully saturated rings. The Morgan fingerprint density at radius 3 is 2.43 bits per heavy atom. The van der Waals surface area contributed by atoms with E-state index in [1.54, 1.807) is 48.5 Å². The summed E-state index contributed by atoms with van der Waals surface area (Å²) in [7, 11) is 0. The lowest BCUT2D eigenvalue weighted by Crippen LogP contribution is -2.27. The minimum Gasteiger partial charge on any atom is -0.443 e. The molecule has 0 aliphatic carbocycles. The minimum atomic E-state index is -0.903. The van der Waals surface area contributed by atoms with E-state index >= 15 is 0 Å². The molecule has 35 heavy (non-hydrogen) atoms. The number of amides is 2. The Bertz CT molecular complexity index is 1190. The van der Waals surface area contributed by atoms with Gasteiger partial charge in [0.05, 0.1) is 5.69 Å². The monoisotopic (exact) mass is 539 g/mol. The largest absolute Gasteiger partial charge is 0.443 e. The average Bonchev–Trinajstić information content (AvgIpc) is 2.88. The second-order valence-electron chi connectivity index (χ2n) is 7.27. The summed E-state index contributed by atoms with van der Waals surface area (Å²) in [5.74, 6) is -1.44. The van der Waals surface area contributed by atoms with Crippen molar-refractivity contribution in [2.75, 3.05) is 5.32 Å². The predicted molar refractivity (Wildman–Crippen MR) is 130 cm³/mol. The molecule has 0 spiro atoms. The number of hydrogen-bond donors (Lipinski definition) is 2. The summed E-state index contributed by atoms with van der Waals surface area (Å²) in [6, 6.07) is 18.9. The first kappa shape index (κ1) is 25.6. The van der Waals surface area contributed by atoms with Crippen molar-refractivity contribution in [1.29, 1.82) is 0 Å². The Hall–Kier alpha value is -4.05. The van der Waals surface area contributed by atoms with Crippen LogP contribution in [0.15, 0.2) is 77.4 Å². The molecule has 0 unspecified atom stereocenters. The van der Waals surface area contributed by atoms with E-state index in [0.717, 1.165) is 5.56 Å². The van der Waals surface area contributed by atoms with Crippen LogP contribution in [0.2, 0.25) is 0 Å². The zero-order valence-corrected chi connectivity index (χ0v) is 20.1. The maximum atomic E-state index is 12.8. The van der Waals surface area contributed by atoms with Crippen molar-refractivity contribution < 1.29 is 28.8 Å². The molecule has 0 saturated heterocycles. The SMILES string of the molecule is O=C(CCCC(=O)ONC(=O)OCc1ccccc1)Nc1ccc(Br)cc1C(=O)c1ccccn1. The number of hydrogen-bond acceptors (Lipinski definition) is 7. The number of pyridine rings is 1. The normalized spacial score (nSPS) is 10.2. The lowest BCUT2D eigenvalue weighted by Gasteiger charge is -2.11. The molecule has 3 rings (SSSR count). The van der Waals surface area contributed by atoms with Crippen molar-refractivity contribution in [3.8, 4) is 0 Å². The van der Waals surface area contributed by atoms with Gasteiger partial charge in [0.1, 0.15) is 12.3 Å². The van der Waals surface area contributed by atoms with Gasteiger partial charge in [0.25, 0.3) is 0 Å². The third kappa shape index (κ3) is 8.35. The number of benzene rings is 2. The highest BCUT2D eigenvalue weighted by Crippen LogP contribution is 2.24. The van der Waals surface area contributed by atoms with Crippen LogP contribution in [0.5, 0.6) is 0 Å². The van der Waals surface area contributed by atoms with E-state index in [9.17, 15) is 19.2 Å². The lowest BCUT2D eigenvalue weighted by molar-refractivity contribution is -0.150. The smallest absolute Gasteiger partial charge is 0.441 e. The molecule has 2 amide bonds. The minimum absolute atomic E-state index is 0.000828. The number of nitrogens with zero attached hydrogens (tertiary/aromatic N) is 1. The van der Waals surface area contributed by atoms with Crippen molar-refractivity contribution in [2.24, 2.45) is 0 Å². The molecule has 2 N–H and O–H groups in total. The Balaban J connectivity index is 1.42. The third-order valence-corrected chi connectivity index (χ3v) is 5.14. The van der Waals surface area contributed by atoms with Gasteiger partial charge in [-0.3, -0.25) is 14.6 Å². The van der Waals surface area contributed by atoms with E-state index in [4.69, 9.17) is 4.74 Å². The number of nitrogens with one attached hydrogen (secondary N) is 2. The molecule has 2 aromatic carbocycles. The van der Waals surface area contributed by atoms with Crippen LogP contribution in [0.25, 0.3) is 0 Å². The zero-order valence-electron chi connectivity index (χ0n) is 18.5. The molecule has 0 aliphatic rings. The van der Waals surface area contributed by atoms with Crippen LogP contribution in [0.3, 0.4) is 0 Å². The van der Waals surface area contributed by atoms with Crippen LogP contribution < -0.4 is 10.8 Å². The molecule has 180 valence electrons. The van der Waals surface area contributed by atoms with Gasteiger partial charge in [-0.25, -0.2) is 9.59 Å². The second kappa shape index (κ2) is 13.0. The van der Waals surface area contributed by atoms with Gasteiger partial charge in [-0.05, 0) is 42.3 Å². The van der Waals surface area contributed by atoms with E-state index in [2.05, 4.69) is 31.1 Å². The second-order valence-corrected chi connectivity index (χ2v) is 8.19. The number of carbonyl (C=O) groups is 4. The molecule has 3 aromatic rings. The van der Waals surface area contributed by atoms with Gasteiger partial charge in [-0.2, -0.15) is 0 Å². The quantitative estimate of drug-likeness (QED) is 0.301. The van der Waals surface area contributed by atoms with E-state index in [-0.39, 0.29) is 48.8 Å².